The summed E-state index contributed by atoms with van der Waals surface area (Å²) in [5.41, 5.74) is -1.51. The lowest BCUT2D eigenvalue weighted by Gasteiger charge is -2.63. The molecule has 5 saturated carbocycles. The summed E-state index contributed by atoms with van der Waals surface area (Å²) in [6.45, 7) is 18.0. The highest BCUT2D eigenvalue weighted by Crippen LogP contribution is 2.90. The van der Waals surface area contributed by atoms with E-state index in [-0.39, 0.29) is 58.3 Å². The highest BCUT2D eigenvalue weighted by Gasteiger charge is 2.88. The molecule has 0 aromatic heterocycles. The number of carbonyl (C=O) groups is 2. The Hall–Kier alpha value is -1.34. The van der Waals surface area contributed by atoms with Gasteiger partial charge in [-0.2, -0.15) is 0 Å². The van der Waals surface area contributed by atoms with Gasteiger partial charge in [0.05, 0.1) is 18.8 Å². The lowest BCUT2D eigenvalue weighted by molar-refractivity contribution is -0.305. The SMILES string of the molecule is CC(=O)O[C@H]1[C@H](O[C@H]2CC[C@]34C[C@]35CC[C@]3(C)[C@H]6[C@H](C)C[C@H]7O[C@@]6(O[C@@H]7C(C)(C)OC(C)=O)[C@H](O)[C@@]3(C)[C@@H]5CC[C@H]4C2(C)C)OC[C@H](O)[C@@H]1O. The first-order valence-corrected chi connectivity index (χ1v) is 19.3. The number of esters is 2. The number of fused-ring (bicyclic) bond motifs is 4. The molecule has 8 aliphatic rings. The van der Waals surface area contributed by atoms with Gasteiger partial charge in [-0.1, -0.05) is 34.6 Å². The third-order valence-corrected chi connectivity index (χ3v) is 16.6. The van der Waals surface area contributed by atoms with E-state index in [9.17, 15) is 24.9 Å². The van der Waals surface area contributed by atoms with Crippen LogP contribution in [0.25, 0.3) is 0 Å². The Kier molecular flexibility index (Phi) is 7.76. The molecule has 8 fully saturated rings. The number of hydrogen-bond donors (Lipinski definition) is 3. The molecule has 3 spiro atoms. The Labute approximate surface area is 296 Å². The van der Waals surface area contributed by atoms with E-state index in [1.165, 1.54) is 13.8 Å². The minimum atomic E-state index is -1.29. The normalized spacial score (nSPS) is 55.8. The average molecular weight is 705 g/mol. The van der Waals surface area contributed by atoms with Crippen molar-refractivity contribution in [1.82, 2.24) is 0 Å². The molecule has 0 radical (unpaired) electrons. The maximum Gasteiger partial charge on any atom is 0.303 e. The lowest BCUT2D eigenvalue weighted by Crippen LogP contribution is -2.61. The minimum Gasteiger partial charge on any atom is -0.457 e. The summed E-state index contributed by atoms with van der Waals surface area (Å²) in [7, 11) is 0. The van der Waals surface area contributed by atoms with E-state index in [0.29, 0.717) is 11.8 Å². The van der Waals surface area contributed by atoms with Crippen LogP contribution in [0.3, 0.4) is 0 Å². The number of hydrogen-bond acceptors (Lipinski definition) is 11. The molecule has 0 aromatic carbocycles. The van der Waals surface area contributed by atoms with Crippen molar-refractivity contribution in [1.29, 1.82) is 0 Å². The van der Waals surface area contributed by atoms with Crippen molar-refractivity contribution in [2.75, 3.05) is 6.61 Å². The monoisotopic (exact) mass is 704 g/mol. The Bertz CT molecular complexity index is 1430. The molecule has 0 amide bonds. The van der Waals surface area contributed by atoms with Gasteiger partial charge in [0.15, 0.2) is 18.2 Å². The molecule has 11 nitrogen and oxygen atoms in total. The number of aliphatic hydroxyl groups excluding tert-OH is 3. The van der Waals surface area contributed by atoms with E-state index >= 15 is 0 Å². The zero-order valence-electron chi connectivity index (χ0n) is 31.4. The van der Waals surface area contributed by atoms with Crippen LogP contribution in [0.1, 0.15) is 114 Å². The molecule has 17 atom stereocenters. The summed E-state index contributed by atoms with van der Waals surface area (Å²) in [4.78, 5) is 24.0. The topological polar surface area (TPSA) is 150 Å². The van der Waals surface area contributed by atoms with Crippen LogP contribution in [0.4, 0.5) is 0 Å². The zero-order valence-corrected chi connectivity index (χ0v) is 31.4. The van der Waals surface area contributed by atoms with Gasteiger partial charge in [-0.15, -0.1) is 0 Å². The largest absolute Gasteiger partial charge is 0.457 e. The summed E-state index contributed by atoms with van der Waals surface area (Å²) in [6, 6.07) is 0. The van der Waals surface area contributed by atoms with E-state index < -0.39 is 59.6 Å². The van der Waals surface area contributed by atoms with Crippen LogP contribution in [0.2, 0.25) is 0 Å². The Morgan fingerprint density at radius 3 is 2.24 bits per heavy atom. The van der Waals surface area contributed by atoms with Crippen molar-refractivity contribution in [2.45, 2.75) is 174 Å². The maximum atomic E-state index is 12.9. The van der Waals surface area contributed by atoms with Crippen LogP contribution in [0, 0.1) is 50.7 Å². The number of ether oxygens (including phenoxy) is 6. The Morgan fingerprint density at radius 2 is 1.56 bits per heavy atom. The smallest absolute Gasteiger partial charge is 0.303 e. The molecule has 282 valence electrons. The fourth-order valence-electron chi connectivity index (χ4n) is 14.7. The summed E-state index contributed by atoms with van der Waals surface area (Å²) in [5.74, 6) is -1.07. The molecule has 5 aliphatic carbocycles. The standard InChI is InChI=1S/C39H60O11/c1-19-16-23-30(34(6,7)48-21(3)41)50-39(49-23)29(19)35(8)14-15-38-18-37(38)13-12-26(47-31-28(46-20(2)40)27(43)22(42)17-45-31)33(4,5)24(37)10-11-25(38)36(35,9)32(39)44/h19,22-32,42-44H,10-18H2,1-9H3/t19-,22+,23-,24+,25+,26+,27+,28-,29-,30+,31+,32-,35-,36-,37-,38+,39+/m1/s1. The highest BCUT2D eigenvalue weighted by molar-refractivity contribution is 5.66. The van der Waals surface area contributed by atoms with Crippen molar-refractivity contribution in [3.63, 3.8) is 0 Å². The van der Waals surface area contributed by atoms with Crippen LogP contribution in [0.15, 0.2) is 0 Å². The number of rotatable bonds is 5. The molecule has 3 saturated heterocycles. The second kappa shape index (κ2) is 10.9. The van der Waals surface area contributed by atoms with Gasteiger partial charge in [-0.05, 0) is 105 Å². The van der Waals surface area contributed by atoms with Gasteiger partial charge in [0, 0.05) is 25.2 Å². The van der Waals surface area contributed by atoms with E-state index in [4.69, 9.17) is 28.4 Å². The molecule has 3 N–H and O–H groups in total. The molecule has 3 heterocycles. The predicted octanol–water partition coefficient (Wildman–Crippen LogP) is 4.26. The third kappa shape index (κ3) is 4.29. The summed E-state index contributed by atoms with van der Waals surface area (Å²) in [5, 5.41) is 33.8. The van der Waals surface area contributed by atoms with Gasteiger partial charge in [-0.25, -0.2) is 0 Å². The first-order valence-electron chi connectivity index (χ1n) is 19.3. The van der Waals surface area contributed by atoms with Crippen LogP contribution in [-0.2, 0) is 38.0 Å². The van der Waals surface area contributed by atoms with Crippen LogP contribution >= 0.6 is 0 Å². The van der Waals surface area contributed by atoms with Crippen LogP contribution in [-0.4, -0.2) is 94.3 Å². The van der Waals surface area contributed by atoms with Crippen molar-refractivity contribution < 1.29 is 53.3 Å². The second-order valence-corrected chi connectivity index (χ2v) is 19.4. The summed E-state index contributed by atoms with van der Waals surface area (Å²) >= 11 is 0. The number of carbonyl (C=O) groups excluding carboxylic acids is 2. The molecule has 0 aromatic rings. The molecular weight excluding hydrogens is 644 g/mol. The van der Waals surface area contributed by atoms with Gasteiger partial charge >= 0.3 is 11.9 Å². The molecule has 0 unspecified atom stereocenters. The molecule has 11 heteroatoms. The Balaban J connectivity index is 1.08. The molecule has 2 bridgehead atoms. The van der Waals surface area contributed by atoms with Gasteiger partial charge in [-0.3, -0.25) is 9.59 Å². The number of aliphatic hydroxyl groups is 3. The van der Waals surface area contributed by atoms with E-state index in [2.05, 4.69) is 34.6 Å². The maximum absolute atomic E-state index is 12.9. The molecular formula is C39H60O11. The molecule has 8 rings (SSSR count). The molecule has 50 heavy (non-hydrogen) atoms. The minimum absolute atomic E-state index is 0.0178. The third-order valence-electron chi connectivity index (χ3n) is 16.6. The van der Waals surface area contributed by atoms with Crippen molar-refractivity contribution in [3.05, 3.63) is 0 Å². The first-order chi connectivity index (χ1) is 23.2. The fourth-order valence-corrected chi connectivity index (χ4v) is 14.7. The average Bonchev–Trinajstić information content (AvgIpc) is 3.53. The Morgan fingerprint density at radius 1 is 0.880 bits per heavy atom. The van der Waals surface area contributed by atoms with Gasteiger partial charge in [0.25, 0.3) is 0 Å². The van der Waals surface area contributed by atoms with Crippen LogP contribution < -0.4 is 0 Å². The predicted molar refractivity (Wildman–Crippen MR) is 178 cm³/mol. The quantitative estimate of drug-likeness (QED) is 0.278. The molecule has 3 aliphatic heterocycles. The fraction of sp³-hybridized carbons (Fsp3) is 0.949. The second-order valence-electron chi connectivity index (χ2n) is 19.4. The van der Waals surface area contributed by atoms with Crippen molar-refractivity contribution in [3.8, 4) is 0 Å². The van der Waals surface area contributed by atoms with Gasteiger partial charge < -0.3 is 43.7 Å². The van der Waals surface area contributed by atoms with E-state index in [0.717, 1.165) is 51.4 Å². The van der Waals surface area contributed by atoms with Crippen LogP contribution in [0.5, 0.6) is 0 Å². The van der Waals surface area contributed by atoms with E-state index in [1.807, 2.05) is 13.8 Å². The van der Waals surface area contributed by atoms with Crippen molar-refractivity contribution in [2.24, 2.45) is 50.7 Å². The van der Waals surface area contributed by atoms with E-state index in [1.54, 1.807) is 0 Å². The van der Waals surface area contributed by atoms with Crippen molar-refractivity contribution >= 4 is 11.9 Å². The summed E-state index contributed by atoms with van der Waals surface area (Å²) < 4.78 is 37.7. The lowest BCUT2D eigenvalue weighted by atomic mass is 9.41. The summed E-state index contributed by atoms with van der Waals surface area (Å²) in [6.07, 6.45) is 1.64. The van der Waals surface area contributed by atoms with Gasteiger partial charge in [0.2, 0.25) is 0 Å². The zero-order chi connectivity index (χ0) is 36.2. The highest BCUT2D eigenvalue weighted by atomic mass is 16.8. The van der Waals surface area contributed by atoms with Gasteiger partial charge in [0.1, 0.15) is 30.0 Å². The first kappa shape index (κ1) is 35.7.